The van der Waals surface area contributed by atoms with Crippen LogP contribution in [0.1, 0.15) is 19.7 Å². The largest absolute Gasteiger partial charge is 0.468 e. The highest BCUT2D eigenvalue weighted by molar-refractivity contribution is 5.59. The van der Waals surface area contributed by atoms with Gasteiger partial charge >= 0.3 is 6.11 Å². The molecule has 0 amide bonds. The predicted octanol–water partition coefficient (Wildman–Crippen LogP) is 3.30. The fraction of sp³-hybridized carbons (Fsp3) is 0.375. The highest BCUT2D eigenvalue weighted by Crippen LogP contribution is 2.28. The first kappa shape index (κ1) is 19.0. The van der Waals surface area contributed by atoms with Gasteiger partial charge in [-0.1, -0.05) is 0 Å². The van der Waals surface area contributed by atoms with Crippen LogP contribution in [0.25, 0.3) is 16.9 Å². The Hall–Kier alpha value is -2.82. The van der Waals surface area contributed by atoms with E-state index >= 15 is 0 Å². The van der Waals surface area contributed by atoms with Gasteiger partial charge in [0.05, 0.1) is 11.9 Å². The summed E-state index contributed by atoms with van der Waals surface area (Å²) in [7, 11) is 0.854. The monoisotopic (exact) mass is 385 g/mol. The van der Waals surface area contributed by atoms with Gasteiger partial charge in [-0.05, 0) is 13.0 Å². The maximum atomic E-state index is 13.8. The molecule has 1 atom stereocenters. The van der Waals surface area contributed by atoms with E-state index in [2.05, 4.69) is 24.9 Å². The maximum absolute atomic E-state index is 13.8. The number of rotatable bonds is 6. The minimum atomic E-state index is -3.63. The molecule has 0 saturated heterocycles. The molecule has 0 aromatic carbocycles. The van der Waals surface area contributed by atoms with Gasteiger partial charge in [0.1, 0.15) is 0 Å². The van der Waals surface area contributed by atoms with Crippen molar-refractivity contribution in [3.63, 3.8) is 0 Å². The fourth-order valence-corrected chi connectivity index (χ4v) is 2.13. The van der Waals surface area contributed by atoms with Crippen LogP contribution in [-0.2, 0) is 10.8 Å². The summed E-state index contributed by atoms with van der Waals surface area (Å²) in [6.07, 6.45) is -1.08. The highest BCUT2D eigenvalue weighted by Gasteiger charge is 2.37. The summed E-state index contributed by atoms with van der Waals surface area (Å²) in [6, 6.07) is 2.91. The third kappa shape index (κ3) is 3.82. The number of alkyl halides is 4. The van der Waals surface area contributed by atoms with E-state index in [1.807, 2.05) is 0 Å². The van der Waals surface area contributed by atoms with Crippen LogP contribution in [0.4, 0.5) is 17.6 Å². The quantitative estimate of drug-likeness (QED) is 0.606. The Labute approximate surface area is 151 Å². The summed E-state index contributed by atoms with van der Waals surface area (Å²) in [6.45, 7) is 1.98. The number of ether oxygens (including phenoxy) is 2. The minimum Gasteiger partial charge on any atom is -0.468 e. The lowest BCUT2D eigenvalue weighted by Crippen LogP contribution is -2.32. The van der Waals surface area contributed by atoms with Crippen LogP contribution < -0.4 is 4.74 Å². The Morgan fingerprint density at radius 2 is 1.81 bits per heavy atom. The summed E-state index contributed by atoms with van der Waals surface area (Å²) in [5, 5.41) is 7.05. The molecule has 0 aliphatic carbocycles. The molecule has 0 bridgehead atoms. The first-order valence-corrected chi connectivity index (χ1v) is 7.77. The molecule has 0 aliphatic rings. The van der Waals surface area contributed by atoms with E-state index in [1.165, 1.54) is 37.6 Å². The van der Waals surface area contributed by atoms with Crippen LogP contribution in [0.2, 0.25) is 0 Å². The van der Waals surface area contributed by atoms with E-state index in [4.69, 9.17) is 4.74 Å². The SMILES string of the molecule is COC(F)(F)c1nnc2cnc(-c3ccc(O[C@H](C)C(C)(F)F)nc3)cn12. The Morgan fingerprint density at radius 3 is 2.41 bits per heavy atom. The van der Waals surface area contributed by atoms with Crippen molar-refractivity contribution in [2.24, 2.45) is 0 Å². The van der Waals surface area contributed by atoms with Crippen LogP contribution in [0.5, 0.6) is 5.88 Å². The standard InChI is InChI=1S/C16H15F4N5O2/c1-9(15(2,17)18)27-13-5-4-10(6-22-13)11-8-25-12(7-21-11)23-24-14(25)16(19,20)26-3/h4-9H,1-3H3/t9-/m1/s1. The van der Waals surface area contributed by atoms with Crippen molar-refractivity contribution in [1.82, 2.24) is 24.6 Å². The number of hydrogen-bond donors (Lipinski definition) is 0. The molecule has 0 N–H and O–H groups in total. The van der Waals surface area contributed by atoms with Gasteiger partial charge in [-0.3, -0.25) is 9.38 Å². The first-order valence-electron chi connectivity index (χ1n) is 7.77. The van der Waals surface area contributed by atoms with Crippen molar-refractivity contribution in [2.75, 3.05) is 7.11 Å². The van der Waals surface area contributed by atoms with Crippen molar-refractivity contribution in [3.05, 3.63) is 36.5 Å². The summed E-state index contributed by atoms with van der Waals surface area (Å²) in [5.74, 6) is -3.72. The van der Waals surface area contributed by atoms with E-state index in [0.29, 0.717) is 11.3 Å². The molecular formula is C16H15F4N5O2. The Kier molecular flexibility index (Phi) is 4.72. The van der Waals surface area contributed by atoms with Gasteiger partial charge < -0.3 is 9.47 Å². The number of pyridine rings is 1. The second kappa shape index (κ2) is 6.72. The van der Waals surface area contributed by atoms with E-state index in [-0.39, 0.29) is 11.5 Å². The lowest BCUT2D eigenvalue weighted by molar-refractivity contribution is -0.237. The van der Waals surface area contributed by atoms with Crippen LogP contribution in [-0.4, -0.2) is 43.7 Å². The highest BCUT2D eigenvalue weighted by atomic mass is 19.3. The molecule has 144 valence electrons. The minimum absolute atomic E-state index is 0.00440. The van der Waals surface area contributed by atoms with Crippen LogP contribution in [0.15, 0.2) is 30.7 Å². The number of aromatic nitrogens is 5. The van der Waals surface area contributed by atoms with Gasteiger partial charge in [-0.25, -0.2) is 13.8 Å². The van der Waals surface area contributed by atoms with Gasteiger partial charge in [0, 0.05) is 38.1 Å². The number of nitrogens with zero attached hydrogens (tertiary/aromatic N) is 5. The molecule has 3 heterocycles. The van der Waals surface area contributed by atoms with Gasteiger partial charge in [-0.15, -0.1) is 10.2 Å². The molecule has 7 nitrogen and oxygen atoms in total. The van der Waals surface area contributed by atoms with Gasteiger partial charge in [-0.2, -0.15) is 8.78 Å². The third-order valence-electron chi connectivity index (χ3n) is 3.85. The molecule has 27 heavy (non-hydrogen) atoms. The average Bonchev–Trinajstić information content (AvgIpc) is 3.05. The van der Waals surface area contributed by atoms with E-state index in [1.54, 1.807) is 0 Å². The zero-order chi connectivity index (χ0) is 19.8. The second-order valence-corrected chi connectivity index (χ2v) is 5.85. The van der Waals surface area contributed by atoms with Crippen molar-refractivity contribution in [3.8, 4) is 17.1 Å². The van der Waals surface area contributed by atoms with Crippen LogP contribution in [0.3, 0.4) is 0 Å². The van der Waals surface area contributed by atoms with E-state index in [0.717, 1.165) is 18.4 Å². The first-order chi connectivity index (χ1) is 12.6. The zero-order valence-electron chi connectivity index (χ0n) is 14.5. The summed E-state index contributed by atoms with van der Waals surface area (Å²) < 4.78 is 64.2. The zero-order valence-corrected chi connectivity index (χ0v) is 14.5. The molecule has 11 heteroatoms. The molecule has 0 aliphatic heterocycles. The third-order valence-corrected chi connectivity index (χ3v) is 3.85. The molecule has 3 aromatic heterocycles. The van der Waals surface area contributed by atoms with Crippen molar-refractivity contribution >= 4 is 5.65 Å². The molecular weight excluding hydrogens is 370 g/mol. The Bertz CT molecular complexity index is 940. The van der Waals surface area contributed by atoms with Gasteiger partial charge in [0.25, 0.3) is 5.92 Å². The molecule has 3 rings (SSSR count). The summed E-state index contributed by atoms with van der Waals surface area (Å²) in [4.78, 5) is 8.07. The van der Waals surface area contributed by atoms with Crippen LogP contribution in [0, 0.1) is 0 Å². The Morgan fingerprint density at radius 1 is 1.07 bits per heavy atom. The fourth-order valence-electron chi connectivity index (χ4n) is 2.13. The van der Waals surface area contributed by atoms with E-state index in [9.17, 15) is 17.6 Å². The average molecular weight is 385 g/mol. The smallest absolute Gasteiger partial charge is 0.417 e. The molecule has 0 saturated carbocycles. The second-order valence-electron chi connectivity index (χ2n) is 5.85. The van der Waals surface area contributed by atoms with Crippen molar-refractivity contribution in [1.29, 1.82) is 0 Å². The van der Waals surface area contributed by atoms with Gasteiger partial charge in [0.15, 0.2) is 11.8 Å². The molecule has 0 unspecified atom stereocenters. The Balaban J connectivity index is 1.90. The normalized spacial score (nSPS) is 13.7. The number of hydrogen-bond acceptors (Lipinski definition) is 6. The number of halogens is 4. The number of methoxy groups -OCH3 is 1. The molecule has 0 spiro atoms. The van der Waals surface area contributed by atoms with Crippen molar-refractivity contribution < 1.29 is 27.0 Å². The molecule has 3 aromatic rings. The van der Waals surface area contributed by atoms with Crippen LogP contribution >= 0.6 is 0 Å². The van der Waals surface area contributed by atoms with E-state index < -0.39 is 24.0 Å². The summed E-state index contributed by atoms with van der Waals surface area (Å²) in [5.41, 5.74) is 0.862. The maximum Gasteiger partial charge on any atom is 0.417 e. The topological polar surface area (TPSA) is 74.4 Å². The predicted molar refractivity (Wildman–Crippen MR) is 85.6 cm³/mol. The lowest BCUT2D eigenvalue weighted by Gasteiger charge is -2.20. The number of fused-ring (bicyclic) bond motifs is 1. The van der Waals surface area contributed by atoms with Gasteiger partial charge in [0.2, 0.25) is 11.7 Å². The molecule has 0 fully saturated rings. The molecule has 0 radical (unpaired) electrons. The summed E-state index contributed by atoms with van der Waals surface area (Å²) >= 11 is 0. The lowest BCUT2D eigenvalue weighted by atomic mass is 10.2. The van der Waals surface area contributed by atoms with Crippen molar-refractivity contribution in [2.45, 2.75) is 32.0 Å².